The molecule has 0 aromatic heterocycles. The summed E-state index contributed by atoms with van der Waals surface area (Å²) in [6, 6.07) is 4.53. The van der Waals surface area contributed by atoms with Gasteiger partial charge in [-0.25, -0.2) is 0 Å². The predicted molar refractivity (Wildman–Crippen MR) is 123 cm³/mol. The van der Waals surface area contributed by atoms with E-state index in [4.69, 9.17) is 4.74 Å². The normalized spacial score (nSPS) is 20.9. The molecule has 0 spiro atoms. The third-order valence-electron chi connectivity index (χ3n) is 4.57. The number of thioether (sulfide) groups is 1. The second-order valence-corrected chi connectivity index (χ2v) is 10.2. The van der Waals surface area contributed by atoms with E-state index < -0.39 is 42.3 Å². The Hall–Kier alpha value is -1.43. The van der Waals surface area contributed by atoms with Gasteiger partial charge in [0.25, 0.3) is 5.91 Å². The van der Waals surface area contributed by atoms with E-state index in [1.807, 2.05) is 26.8 Å². The first-order chi connectivity index (χ1) is 14.4. The van der Waals surface area contributed by atoms with E-state index >= 15 is 0 Å². The van der Waals surface area contributed by atoms with Gasteiger partial charge >= 0.3 is 0 Å². The van der Waals surface area contributed by atoms with Gasteiger partial charge in [-0.3, -0.25) is 9.59 Å². The first kappa shape index (κ1) is 25.8. The van der Waals surface area contributed by atoms with Crippen molar-refractivity contribution in [3.8, 4) is 0 Å². The summed E-state index contributed by atoms with van der Waals surface area (Å²) >= 11 is 4.84. The summed E-state index contributed by atoms with van der Waals surface area (Å²) in [5, 5.41) is 36.2. The SMILES string of the molecule is CO[C@@H](C(=O)N[C@H]1CSc2c(Br)cccc2NC1=O)[C@H](O)[C@@H](O)[C@H](O)C=CC(C)(C)C. The zero-order chi connectivity index (χ0) is 23.3. The number of carbonyl (C=O) groups is 2. The van der Waals surface area contributed by atoms with Crippen molar-refractivity contribution in [2.24, 2.45) is 5.41 Å². The summed E-state index contributed by atoms with van der Waals surface area (Å²) in [6.07, 6.45) is -3.20. The van der Waals surface area contributed by atoms with Crippen LogP contribution in [-0.2, 0) is 14.3 Å². The van der Waals surface area contributed by atoms with Crippen LogP contribution in [0.4, 0.5) is 5.69 Å². The maximum atomic E-state index is 12.7. The number of nitrogens with one attached hydrogen (secondary N) is 2. The molecule has 0 bridgehead atoms. The number of aliphatic hydroxyl groups excluding tert-OH is 3. The van der Waals surface area contributed by atoms with Crippen molar-refractivity contribution in [2.75, 3.05) is 18.2 Å². The minimum absolute atomic E-state index is 0.235. The summed E-state index contributed by atoms with van der Waals surface area (Å²) in [5.41, 5.74) is 0.398. The lowest BCUT2D eigenvalue weighted by Crippen LogP contribution is -2.55. The number of fused-ring (bicyclic) bond motifs is 1. The van der Waals surface area contributed by atoms with Gasteiger partial charge in [0.2, 0.25) is 5.91 Å². The Bertz CT molecular complexity index is 829. The zero-order valence-corrected chi connectivity index (χ0v) is 20.2. The third-order valence-corrected chi connectivity index (χ3v) is 6.72. The molecule has 5 N–H and O–H groups in total. The van der Waals surface area contributed by atoms with E-state index in [0.717, 1.165) is 9.37 Å². The number of ether oxygens (including phenoxy) is 1. The number of methoxy groups -OCH3 is 1. The summed E-state index contributed by atoms with van der Waals surface area (Å²) in [6.45, 7) is 5.74. The Balaban J connectivity index is 2.06. The fraction of sp³-hybridized carbons (Fsp3) is 0.524. The van der Waals surface area contributed by atoms with Gasteiger partial charge in [0.05, 0.1) is 5.69 Å². The molecule has 10 heteroatoms. The van der Waals surface area contributed by atoms with Gasteiger partial charge in [0, 0.05) is 22.2 Å². The average molecular weight is 517 g/mol. The van der Waals surface area contributed by atoms with Gasteiger partial charge in [-0.2, -0.15) is 0 Å². The zero-order valence-electron chi connectivity index (χ0n) is 17.8. The standard InChI is InChI=1S/C21H29BrN2O6S/c1-21(2,3)9-8-14(25)15(26)16(27)17(30-4)20(29)24-13-10-31-18-11(22)6-5-7-12(18)23-19(13)28/h5-9,13-17,25-27H,10H2,1-4H3,(H,23,28)(H,24,29)/t13-,14+,15-,16+,17+/m0/s1. The molecule has 1 aromatic carbocycles. The van der Waals surface area contributed by atoms with Crippen LogP contribution in [0.1, 0.15) is 20.8 Å². The molecule has 2 amide bonds. The largest absolute Gasteiger partial charge is 0.387 e. The molecular formula is C21H29BrN2O6S. The van der Waals surface area contributed by atoms with Crippen LogP contribution in [-0.4, -0.2) is 70.5 Å². The molecule has 1 heterocycles. The maximum Gasteiger partial charge on any atom is 0.252 e. The van der Waals surface area contributed by atoms with Crippen LogP contribution in [0.25, 0.3) is 0 Å². The maximum absolute atomic E-state index is 12.7. The van der Waals surface area contributed by atoms with Crippen LogP contribution in [0.5, 0.6) is 0 Å². The van der Waals surface area contributed by atoms with E-state index in [2.05, 4.69) is 26.6 Å². The number of carbonyl (C=O) groups excluding carboxylic acids is 2. The molecule has 0 aliphatic carbocycles. The highest BCUT2D eigenvalue weighted by molar-refractivity contribution is 9.10. The summed E-state index contributed by atoms with van der Waals surface area (Å²) in [4.78, 5) is 26.1. The lowest BCUT2D eigenvalue weighted by atomic mass is 9.94. The second-order valence-electron chi connectivity index (χ2n) is 8.33. The number of hydrogen-bond donors (Lipinski definition) is 5. The lowest BCUT2D eigenvalue weighted by molar-refractivity contribution is -0.150. The van der Waals surface area contributed by atoms with Crippen molar-refractivity contribution in [1.82, 2.24) is 5.32 Å². The molecule has 2 rings (SSSR count). The third kappa shape index (κ3) is 7.03. The molecule has 0 saturated carbocycles. The number of amides is 2. The van der Waals surface area contributed by atoms with Gasteiger partial charge in [-0.05, 0) is 33.5 Å². The van der Waals surface area contributed by atoms with Crippen molar-refractivity contribution in [2.45, 2.75) is 56.1 Å². The molecule has 0 radical (unpaired) electrons. The molecule has 172 valence electrons. The van der Waals surface area contributed by atoms with Crippen LogP contribution in [0.2, 0.25) is 0 Å². The van der Waals surface area contributed by atoms with Crippen LogP contribution in [0.3, 0.4) is 0 Å². The summed E-state index contributed by atoms with van der Waals surface area (Å²) < 4.78 is 5.90. The van der Waals surface area contributed by atoms with Crippen LogP contribution < -0.4 is 10.6 Å². The minimum atomic E-state index is -1.71. The van der Waals surface area contributed by atoms with E-state index in [1.54, 1.807) is 18.2 Å². The molecule has 1 aliphatic heterocycles. The van der Waals surface area contributed by atoms with E-state index in [-0.39, 0.29) is 11.2 Å². The van der Waals surface area contributed by atoms with Crippen molar-refractivity contribution >= 4 is 45.2 Å². The van der Waals surface area contributed by atoms with Crippen molar-refractivity contribution < 1.29 is 29.6 Å². The highest BCUT2D eigenvalue weighted by Crippen LogP contribution is 2.36. The molecule has 0 fully saturated rings. The average Bonchev–Trinajstić information content (AvgIpc) is 2.85. The fourth-order valence-corrected chi connectivity index (χ4v) is 4.62. The van der Waals surface area contributed by atoms with Gasteiger partial charge in [-0.1, -0.05) is 39.0 Å². The van der Waals surface area contributed by atoms with E-state index in [9.17, 15) is 24.9 Å². The highest BCUT2D eigenvalue weighted by Gasteiger charge is 2.37. The number of anilines is 1. The highest BCUT2D eigenvalue weighted by atomic mass is 79.9. The van der Waals surface area contributed by atoms with Crippen molar-refractivity contribution in [3.05, 3.63) is 34.8 Å². The molecule has 8 nitrogen and oxygen atoms in total. The van der Waals surface area contributed by atoms with E-state index in [0.29, 0.717) is 5.69 Å². The number of aliphatic hydroxyl groups is 3. The number of hydrogen-bond acceptors (Lipinski definition) is 7. The number of allylic oxidation sites excluding steroid dienone is 1. The summed E-state index contributed by atoms with van der Waals surface area (Å²) in [7, 11) is 1.20. The smallest absolute Gasteiger partial charge is 0.252 e. The van der Waals surface area contributed by atoms with Gasteiger partial charge in [0.15, 0.2) is 6.10 Å². The molecule has 5 atom stereocenters. The number of rotatable bonds is 7. The monoisotopic (exact) mass is 516 g/mol. The lowest BCUT2D eigenvalue weighted by Gasteiger charge is -2.28. The number of halogens is 1. The first-order valence-corrected chi connectivity index (χ1v) is 11.5. The molecule has 1 aliphatic rings. The second kappa shape index (κ2) is 10.9. The van der Waals surface area contributed by atoms with Crippen LogP contribution >= 0.6 is 27.7 Å². The first-order valence-electron chi connectivity index (χ1n) is 9.73. The fourth-order valence-electron chi connectivity index (χ4n) is 2.86. The molecule has 31 heavy (non-hydrogen) atoms. The van der Waals surface area contributed by atoms with Crippen molar-refractivity contribution in [3.63, 3.8) is 0 Å². The van der Waals surface area contributed by atoms with Crippen molar-refractivity contribution in [1.29, 1.82) is 0 Å². The molecule has 0 unspecified atom stereocenters. The Morgan fingerprint density at radius 3 is 2.61 bits per heavy atom. The molecular weight excluding hydrogens is 488 g/mol. The van der Waals surface area contributed by atoms with Gasteiger partial charge < -0.3 is 30.7 Å². The Morgan fingerprint density at radius 2 is 2.00 bits per heavy atom. The summed E-state index contributed by atoms with van der Waals surface area (Å²) in [5.74, 6) is -0.915. The van der Waals surface area contributed by atoms with Gasteiger partial charge in [-0.15, -0.1) is 11.8 Å². The van der Waals surface area contributed by atoms with Gasteiger partial charge in [0.1, 0.15) is 24.4 Å². The van der Waals surface area contributed by atoms with Crippen LogP contribution in [0, 0.1) is 5.41 Å². The Kier molecular flexibility index (Phi) is 9.11. The Labute approximate surface area is 194 Å². The Morgan fingerprint density at radius 1 is 1.32 bits per heavy atom. The van der Waals surface area contributed by atoms with E-state index in [1.165, 1.54) is 24.9 Å². The molecule has 0 saturated heterocycles. The topological polar surface area (TPSA) is 128 Å². The quantitative estimate of drug-likeness (QED) is 0.348. The number of benzene rings is 1. The molecule has 1 aromatic rings. The minimum Gasteiger partial charge on any atom is -0.387 e. The predicted octanol–water partition coefficient (Wildman–Crippen LogP) is 1.68. The van der Waals surface area contributed by atoms with Crippen LogP contribution in [0.15, 0.2) is 39.7 Å².